The maximum absolute atomic E-state index is 10.3. The van der Waals surface area contributed by atoms with Crippen molar-refractivity contribution in [3.05, 3.63) is 47.7 Å². The minimum absolute atomic E-state index is 0.136. The Bertz CT molecular complexity index is 608. The summed E-state index contributed by atoms with van der Waals surface area (Å²) in [6, 6.07) is 9.98. The molecule has 6 nitrogen and oxygen atoms in total. The number of aliphatic hydroxyl groups is 1. The second-order valence-corrected chi connectivity index (χ2v) is 6.10. The molecule has 0 radical (unpaired) electrons. The summed E-state index contributed by atoms with van der Waals surface area (Å²) in [5.41, 5.74) is 0.977. The summed E-state index contributed by atoms with van der Waals surface area (Å²) in [5, 5.41) is 18.4. The van der Waals surface area contributed by atoms with E-state index in [4.69, 9.17) is 4.42 Å². The van der Waals surface area contributed by atoms with Crippen LogP contribution < -0.4 is 0 Å². The molecule has 0 amide bonds. The summed E-state index contributed by atoms with van der Waals surface area (Å²) in [6.45, 7) is 8.32. The molecule has 1 N–H and O–H groups in total. The first kappa shape index (κ1) is 16.1. The molecule has 1 aromatic carbocycles. The van der Waals surface area contributed by atoms with E-state index in [1.54, 1.807) is 0 Å². The fraction of sp³-hybridized carbons (Fsp3) is 0.529. The van der Waals surface area contributed by atoms with Crippen molar-refractivity contribution in [2.45, 2.75) is 26.0 Å². The van der Waals surface area contributed by atoms with E-state index in [1.807, 2.05) is 37.3 Å². The molecular formula is C17H24N4O2. The lowest BCUT2D eigenvalue weighted by molar-refractivity contribution is 0.0536. The average molecular weight is 316 g/mol. The second kappa shape index (κ2) is 7.21. The van der Waals surface area contributed by atoms with Gasteiger partial charge in [-0.15, -0.1) is 10.2 Å². The van der Waals surface area contributed by atoms with Gasteiger partial charge in [-0.3, -0.25) is 9.80 Å². The third kappa shape index (κ3) is 3.96. The second-order valence-electron chi connectivity index (χ2n) is 6.10. The first-order valence-electron chi connectivity index (χ1n) is 8.13. The van der Waals surface area contributed by atoms with Gasteiger partial charge in [0, 0.05) is 39.6 Å². The van der Waals surface area contributed by atoms with Crippen molar-refractivity contribution in [2.24, 2.45) is 0 Å². The van der Waals surface area contributed by atoms with E-state index in [-0.39, 0.29) is 6.04 Å². The highest BCUT2D eigenvalue weighted by atomic mass is 16.4. The number of hydrogen-bond acceptors (Lipinski definition) is 6. The van der Waals surface area contributed by atoms with E-state index >= 15 is 0 Å². The smallest absolute Gasteiger partial charge is 0.233 e. The Kier molecular flexibility index (Phi) is 5.05. The van der Waals surface area contributed by atoms with E-state index in [0.29, 0.717) is 18.3 Å². The summed E-state index contributed by atoms with van der Waals surface area (Å²) >= 11 is 0. The number of aryl methyl sites for hydroxylation is 1. The van der Waals surface area contributed by atoms with Gasteiger partial charge in [0.2, 0.25) is 11.8 Å². The Hall–Kier alpha value is -1.76. The first-order chi connectivity index (χ1) is 11.1. The third-order valence-corrected chi connectivity index (χ3v) is 4.47. The number of hydrogen-bond donors (Lipinski definition) is 1. The molecule has 1 aliphatic rings. The maximum atomic E-state index is 10.3. The Morgan fingerprint density at radius 2 is 1.83 bits per heavy atom. The summed E-state index contributed by atoms with van der Waals surface area (Å²) < 4.78 is 5.53. The summed E-state index contributed by atoms with van der Waals surface area (Å²) in [7, 11) is 0. The predicted octanol–water partition coefficient (Wildman–Crippen LogP) is 1.79. The highest BCUT2D eigenvalue weighted by Crippen LogP contribution is 2.21. The van der Waals surface area contributed by atoms with Gasteiger partial charge in [0.05, 0.1) is 12.1 Å². The SMILES string of the molecule is Cc1nnc([C@H](C)N2CCN(C[C@@H](O)c3ccccc3)CC2)o1. The highest BCUT2D eigenvalue weighted by molar-refractivity contribution is 5.17. The topological polar surface area (TPSA) is 65.6 Å². The molecule has 0 unspecified atom stereocenters. The molecule has 124 valence electrons. The molecular weight excluding hydrogens is 292 g/mol. The van der Waals surface area contributed by atoms with Gasteiger partial charge in [-0.05, 0) is 12.5 Å². The number of piperazine rings is 1. The molecule has 0 spiro atoms. The summed E-state index contributed by atoms with van der Waals surface area (Å²) in [5.74, 6) is 1.29. The van der Waals surface area contributed by atoms with E-state index < -0.39 is 6.10 Å². The van der Waals surface area contributed by atoms with E-state index in [0.717, 1.165) is 31.7 Å². The lowest BCUT2D eigenvalue weighted by atomic mass is 10.1. The quantitative estimate of drug-likeness (QED) is 0.907. The standard InChI is InChI=1S/C17H24N4O2/c1-13(17-19-18-14(2)23-17)21-10-8-20(9-11-21)12-16(22)15-6-4-3-5-7-15/h3-7,13,16,22H,8-12H2,1-2H3/t13-,16+/m0/s1. The minimum atomic E-state index is -0.432. The van der Waals surface area contributed by atoms with Crippen molar-refractivity contribution in [3.8, 4) is 0 Å². The van der Waals surface area contributed by atoms with Crippen LogP contribution in [0.2, 0.25) is 0 Å². The van der Waals surface area contributed by atoms with Crippen LogP contribution >= 0.6 is 0 Å². The van der Waals surface area contributed by atoms with Crippen molar-refractivity contribution in [1.82, 2.24) is 20.0 Å². The van der Waals surface area contributed by atoms with E-state index in [2.05, 4.69) is 26.9 Å². The first-order valence-corrected chi connectivity index (χ1v) is 8.13. The minimum Gasteiger partial charge on any atom is -0.424 e. The zero-order chi connectivity index (χ0) is 16.2. The Morgan fingerprint density at radius 1 is 1.13 bits per heavy atom. The molecule has 1 saturated heterocycles. The van der Waals surface area contributed by atoms with Gasteiger partial charge < -0.3 is 9.52 Å². The number of benzene rings is 1. The van der Waals surface area contributed by atoms with Gasteiger partial charge in [-0.2, -0.15) is 0 Å². The van der Waals surface area contributed by atoms with Crippen LogP contribution in [0.4, 0.5) is 0 Å². The van der Waals surface area contributed by atoms with Crippen molar-refractivity contribution in [2.75, 3.05) is 32.7 Å². The molecule has 0 aliphatic carbocycles. The fourth-order valence-corrected chi connectivity index (χ4v) is 3.00. The largest absolute Gasteiger partial charge is 0.424 e. The lowest BCUT2D eigenvalue weighted by Crippen LogP contribution is -2.48. The summed E-state index contributed by atoms with van der Waals surface area (Å²) in [4.78, 5) is 4.65. The molecule has 3 rings (SSSR count). The number of aromatic nitrogens is 2. The molecule has 1 aliphatic heterocycles. The normalized spacial score (nSPS) is 19.6. The van der Waals surface area contributed by atoms with Crippen molar-refractivity contribution in [1.29, 1.82) is 0 Å². The van der Waals surface area contributed by atoms with Crippen LogP contribution in [0.3, 0.4) is 0 Å². The van der Waals surface area contributed by atoms with Crippen LogP contribution in [0.5, 0.6) is 0 Å². The van der Waals surface area contributed by atoms with Crippen LogP contribution in [0, 0.1) is 6.92 Å². The van der Waals surface area contributed by atoms with Crippen molar-refractivity contribution >= 4 is 0 Å². The molecule has 6 heteroatoms. The van der Waals surface area contributed by atoms with Crippen molar-refractivity contribution in [3.63, 3.8) is 0 Å². The molecule has 2 atom stereocenters. The number of rotatable bonds is 5. The van der Waals surface area contributed by atoms with Crippen molar-refractivity contribution < 1.29 is 9.52 Å². The monoisotopic (exact) mass is 316 g/mol. The van der Waals surface area contributed by atoms with Crippen LogP contribution in [0.1, 0.15) is 36.4 Å². The molecule has 1 aromatic heterocycles. The number of nitrogens with zero attached hydrogens (tertiary/aromatic N) is 4. The van der Waals surface area contributed by atoms with Crippen LogP contribution in [0.15, 0.2) is 34.7 Å². The van der Waals surface area contributed by atoms with Crippen LogP contribution in [0.25, 0.3) is 0 Å². The Morgan fingerprint density at radius 3 is 2.43 bits per heavy atom. The van der Waals surface area contributed by atoms with Crippen LogP contribution in [-0.4, -0.2) is 57.8 Å². The van der Waals surface area contributed by atoms with Gasteiger partial charge >= 0.3 is 0 Å². The molecule has 0 bridgehead atoms. The zero-order valence-corrected chi connectivity index (χ0v) is 13.7. The van der Waals surface area contributed by atoms with Gasteiger partial charge in [0.15, 0.2) is 0 Å². The van der Waals surface area contributed by atoms with Gasteiger partial charge in [-0.1, -0.05) is 30.3 Å². The maximum Gasteiger partial charge on any atom is 0.233 e. The number of aliphatic hydroxyl groups excluding tert-OH is 1. The summed E-state index contributed by atoms with van der Waals surface area (Å²) in [6.07, 6.45) is -0.432. The third-order valence-electron chi connectivity index (χ3n) is 4.47. The highest BCUT2D eigenvalue weighted by Gasteiger charge is 2.26. The molecule has 23 heavy (non-hydrogen) atoms. The van der Waals surface area contributed by atoms with Gasteiger partial charge in [0.25, 0.3) is 0 Å². The average Bonchev–Trinajstić information content (AvgIpc) is 3.02. The van der Waals surface area contributed by atoms with Gasteiger partial charge in [-0.25, -0.2) is 0 Å². The molecule has 2 heterocycles. The predicted molar refractivity (Wildman–Crippen MR) is 86.9 cm³/mol. The fourth-order valence-electron chi connectivity index (χ4n) is 3.00. The number of β-amino-alcohol motifs (C(OH)–C–C–N with tert-alkyl or cyclic N) is 1. The van der Waals surface area contributed by atoms with E-state index in [9.17, 15) is 5.11 Å². The van der Waals surface area contributed by atoms with E-state index in [1.165, 1.54) is 0 Å². The Labute approximate surface area is 136 Å². The zero-order valence-electron chi connectivity index (χ0n) is 13.7. The molecule has 2 aromatic rings. The lowest BCUT2D eigenvalue weighted by Gasteiger charge is -2.37. The molecule has 1 fully saturated rings. The van der Waals surface area contributed by atoms with Crippen LogP contribution in [-0.2, 0) is 0 Å². The molecule has 0 saturated carbocycles. The van der Waals surface area contributed by atoms with Gasteiger partial charge in [0.1, 0.15) is 0 Å². The Balaban J connectivity index is 1.50.